The van der Waals surface area contributed by atoms with Gasteiger partial charge in [-0.15, -0.1) is 0 Å². The van der Waals surface area contributed by atoms with Crippen molar-refractivity contribution in [3.8, 4) is 0 Å². The summed E-state index contributed by atoms with van der Waals surface area (Å²) in [6.07, 6.45) is 1.00. The predicted octanol–water partition coefficient (Wildman–Crippen LogP) is 2.32. The van der Waals surface area contributed by atoms with Crippen molar-refractivity contribution in [2.24, 2.45) is 5.92 Å². The van der Waals surface area contributed by atoms with Gasteiger partial charge in [-0.05, 0) is 18.4 Å². The molecule has 112 valence electrons. The van der Waals surface area contributed by atoms with Gasteiger partial charge in [0.05, 0.1) is 6.10 Å². The predicted molar refractivity (Wildman–Crippen MR) is 81.6 cm³/mol. The Morgan fingerprint density at radius 3 is 2.50 bits per heavy atom. The fourth-order valence-corrected chi connectivity index (χ4v) is 1.92. The summed E-state index contributed by atoms with van der Waals surface area (Å²) in [5.41, 5.74) is 1.06. The molecular weight excluding hydrogens is 252 g/mol. The Morgan fingerprint density at radius 1 is 1.25 bits per heavy atom. The Bertz CT molecular complexity index is 395. The fourth-order valence-electron chi connectivity index (χ4n) is 1.92. The summed E-state index contributed by atoms with van der Waals surface area (Å²) in [5.74, 6) is 0.440. The van der Waals surface area contributed by atoms with Gasteiger partial charge in [0.15, 0.2) is 0 Å². The molecule has 0 radical (unpaired) electrons. The summed E-state index contributed by atoms with van der Waals surface area (Å²) in [6, 6.07) is 9.67. The van der Waals surface area contributed by atoms with E-state index in [1.54, 1.807) is 0 Å². The van der Waals surface area contributed by atoms with Crippen LogP contribution < -0.4 is 10.6 Å². The van der Waals surface area contributed by atoms with E-state index in [-0.39, 0.29) is 18.6 Å². The minimum atomic E-state index is -0.568. The molecule has 0 aromatic heterocycles. The molecule has 1 aromatic rings. The van der Waals surface area contributed by atoms with Gasteiger partial charge >= 0.3 is 6.03 Å². The van der Waals surface area contributed by atoms with Crippen LogP contribution in [0.4, 0.5) is 4.79 Å². The van der Waals surface area contributed by atoms with Crippen LogP contribution in [0.25, 0.3) is 0 Å². The van der Waals surface area contributed by atoms with Gasteiger partial charge in [0.2, 0.25) is 0 Å². The van der Waals surface area contributed by atoms with Gasteiger partial charge < -0.3 is 15.7 Å². The molecule has 0 bridgehead atoms. The van der Waals surface area contributed by atoms with Crippen LogP contribution in [-0.4, -0.2) is 29.8 Å². The SMILES string of the molecule is CCC(C)C(C)NC(=O)NCC(O)Cc1ccccc1. The van der Waals surface area contributed by atoms with Crippen molar-refractivity contribution in [1.29, 1.82) is 0 Å². The Morgan fingerprint density at radius 2 is 1.90 bits per heavy atom. The van der Waals surface area contributed by atoms with Crippen LogP contribution in [0, 0.1) is 5.92 Å². The Hall–Kier alpha value is -1.55. The van der Waals surface area contributed by atoms with Gasteiger partial charge in [-0.1, -0.05) is 50.6 Å². The van der Waals surface area contributed by atoms with Gasteiger partial charge in [-0.3, -0.25) is 0 Å². The maximum Gasteiger partial charge on any atom is 0.315 e. The van der Waals surface area contributed by atoms with Crippen LogP contribution in [0.2, 0.25) is 0 Å². The highest BCUT2D eigenvalue weighted by Crippen LogP contribution is 2.06. The highest BCUT2D eigenvalue weighted by molar-refractivity contribution is 5.74. The zero-order valence-electron chi connectivity index (χ0n) is 12.6. The van der Waals surface area contributed by atoms with Crippen molar-refractivity contribution in [2.45, 2.75) is 45.8 Å². The van der Waals surface area contributed by atoms with Crippen LogP contribution in [-0.2, 0) is 6.42 Å². The molecule has 2 amide bonds. The van der Waals surface area contributed by atoms with Crippen molar-refractivity contribution >= 4 is 6.03 Å². The number of rotatable bonds is 7. The van der Waals surface area contributed by atoms with Crippen LogP contribution in [0.1, 0.15) is 32.8 Å². The van der Waals surface area contributed by atoms with Crippen LogP contribution in [0.15, 0.2) is 30.3 Å². The Labute approximate surface area is 121 Å². The average Bonchev–Trinajstić information content (AvgIpc) is 2.45. The highest BCUT2D eigenvalue weighted by atomic mass is 16.3. The first-order chi connectivity index (χ1) is 9.52. The first-order valence-electron chi connectivity index (χ1n) is 7.29. The molecule has 0 saturated heterocycles. The number of carbonyl (C=O) groups is 1. The molecule has 3 atom stereocenters. The lowest BCUT2D eigenvalue weighted by Gasteiger charge is -2.20. The number of nitrogens with one attached hydrogen (secondary N) is 2. The molecule has 4 heteroatoms. The molecule has 3 unspecified atom stereocenters. The van der Waals surface area contributed by atoms with E-state index in [1.165, 1.54) is 0 Å². The summed E-state index contributed by atoms with van der Waals surface area (Å²) in [6.45, 7) is 6.46. The third kappa shape index (κ3) is 6.06. The van der Waals surface area contributed by atoms with E-state index < -0.39 is 6.10 Å². The lowest BCUT2D eigenvalue weighted by Crippen LogP contribution is -2.45. The van der Waals surface area contributed by atoms with E-state index in [0.717, 1.165) is 12.0 Å². The Balaban J connectivity index is 2.27. The second kappa shape index (κ2) is 8.59. The maximum absolute atomic E-state index is 11.7. The van der Waals surface area contributed by atoms with Gasteiger partial charge in [0.1, 0.15) is 0 Å². The minimum absolute atomic E-state index is 0.131. The summed E-state index contributed by atoms with van der Waals surface area (Å²) in [7, 11) is 0. The molecule has 3 N–H and O–H groups in total. The maximum atomic E-state index is 11.7. The quantitative estimate of drug-likeness (QED) is 0.717. The second-order valence-electron chi connectivity index (χ2n) is 5.37. The van der Waals surface area contributed by atoms with Crippen molar-refractivity contribution in [3.63, 3.8) is 0 Å². The second-order valence-corrected chi connectivity index (χ2v) is 5.37. The van der Waals surface area contributed by atoms with Crippen molar-refractivity contribution < 1.29 is 9.90 Å². The monoisotopic (exact) mass is 278 g/mol. The van der Waals surface area contributed by atoms with Crippen molar-refractivity contribution in [3.05, 3.63) is 35.9 Å². The van der Waals surface area contributed by atoms with Crippen molar-refractivity contribution in [2.75, 3.05) is 6.54 Å². The van der Waals surface area contributed by atoms with E-state index in [4.69, 9.17) is 0 Å². The van der Waals surface area contributed by atoms with E-state index in [9.17, 15) is 9.90 Å². The van der Waals surface area contributed by atoms with E-state index in [2.05, 4.69) is 24.5 Å². The first-order valence-corrected chi connectivity index (χ1v) is 7.29. The van der Waals surface area contributed by atoms with Crippen LogP contribution in [0.5, 0.6) is 0 Å². The van der Waals surface area contributed by atoms with E-state index >= 15 is 0 Å². The minimum Gasteiger partial charge on any atom is -0.391 e. The number of aliphatic hydroxyl groups is 1. The molecule has 0 aliphatic carbocycles. The van der Waals surface area contributed by atoms with Crippen molar-refractivity contribution in [1.82, 2.24) is 10.6 Å². The third-order valence-electron chi connectivity index (χ3n) is 3.67. The number of urea groups is 1. The van der Waals surface area contributed by atoms with E-state index in [0.29, 0.717) is 12.3 Å². The number of aliphatic hydroxyl groups excluding tert-OH is 1. The van der Waals surface area contributed by atoms with Gasteiger partial charge in [-0.25, -0.2) is 4.79 Å². The molecule has 0 spiro atoms. The molecule has 0 aliphatic heterocycles. The Kier molecular flexibility index (Phi) is 7.09. The molecule has 0 aliphatic rings. The third-order valence-corrected chi connectivity index (χ3v) is 3.67. The van der Waals surface area contributed by atoms with Gasteiger partial charge in [0, 0.05) is 19.0 Å². The summed E-state index contributed by atoms with van der Waals surface area (Å²) in [4.78, 5) is 11.7. The molecule has 1 rings (SSSR count). The normalized spacial score (nSPS) is 15.2. The highest BCUT2D eigenvalue weighted by Gasteiger charge is 2.13. The number of amides is 2. The largest absolute Gasteiger partial charge is 0.391 e. The molecule has 0 heterocycles. The number of hydrogen-bond acceptors (Lipinski definition) is 2. The molecular formula is C16H26N2O2. The lowest BCUT2D eigenvalue weighted by molar-refractivity contribution is 0.169. The number of benzene rings is 1. The molecule has 4 nitrogen and oxygen atoms in total. The lowest BCUT2D eigenvalue weighted by atomic mass is 10.0. The first kappa shape index (κ1) is 16.5. The molecule has 0 fully saturated rings. The summed E-state index contributed by atoms with van der Waals surface area (Å²) < 4.78 is 0. The summed E-state index contributed by atoms with van der Waals surface area (Å²) >= 11 is 0. The van der Waals surface area contributed by atoms with Crippen LogP contribution >= 0.6 is 0 Å². The summed E-state index contributed by atoms with van der Waals surface area (Å²) in [5, 5.41) is 15.5. The standard InChI is InChI=1S/C16H26N2O2/c1-4-12(2)13(3)18-16(20)17-11-15(19)10-14-8-6-5-7-9-14/h5-9,12-13,15,19H,4,10-11H2,1-3H3,(H2,17,18,20). The zero-order valence-corrected chi connectivity index (χ0v) is 12.6. The smallest absolute Gasteiger partial charge is 0.315 e. The van der Waals surface area contributed by atoms with Crippen LogP contribution in [0.3, 0.4) is 0 Å². The number of hydrogen-bond donors (Lipinski definition) is 3. The van der Waals surface area contributed by atoms with Gasteiger partial charge in [-0.2, -0.15) is 0 Å². The molecule has 20 heavy (non-hydrogen) atoms. The molecule has 1 aromatic carbocycles. The average molecular weight is 278 g/mol. The molecule has 0 saturated carbocycles. The topological polar surface area (TPSA) is 61.4 Å². The zero-order chi connectivity index (χ0) is 15.0. The number of carbonyl (C=O) groups excluding carboxylic acids is 1. The van der Waals surface area contributed by atoms with Gasteiger partial charge in [0.25, 0.3) is 0 Å². The van der Waals surface area contributed by atoms with E-state index in [1.807, 2.05) is 37.3 Å². The fraction of sp³-hybridized carbons (Fsp3) is 0.562.